The Morgan fingerprint density at radius 2 is 1.72 bits per heavy atom. The molecule has 3 heteroatoms. The normalized spacial score (nSPS) is 12.4. The fourth-order valence-corrected chi connectivity index (χ4v) is 3.01. The molecule has 0 saturated heterocycles. The van der Waals surface area contributed by atoms with Crippen LogP contribution < -0.4 is 5.32 Å². The van der Waals surface area contributed by atoms with E-state index in [0.717, 1.165) is 4.47 Å². The van der Waals surface area contributed by atoms with Crippen molar-refractivity contribution in [2.24, 2.45) is 0 Å². The standard InChI is InChI=1S/C15H16BrNS/c1-11(17-2)12-7-9-13(10-8-12)18-15-6-4-3-5-14(15)16/h3-11,17H,1-2H3. The largest absolute Gasteiger partial charge is 0.313 e. The lowest BCUT2D eigenvalue weighted by atomic mass is 10.1. The van der Waals surface area contributed by atoms with Crippen molar-refractivity contribution in [1.82, 2.24) is 5.32 Å². The van der Waals surface area contributed by atoms with Crippen molar-refractivity contribution in [1.29, 1.82) is 0 Å². The van der Waals surface area contributed by atoms with Gasteiger partial charge in [0.1, 0.15) is 0 Å². The van der Waals surface area contributed by atoms with Gasteiger partial charge in [-0.25, -0.2) is 0 Å². The molecule has 2 aromatic rings. The van der Waals surface area contributed by atoms with Gasteiger partial charge in [0.15, 0.2) is 0 Å². The number of benzene rings is 2. The van der Waals surface area contributed by atoms with E-state index >= 15 is 0 Å². The van der Waals surface area contributed by atoms with Crippen LogP contribution in [0.4, 0.5) is 0 Å². The molecule has 0 amide bonds. The van der Waals surface area contributed by atoms with Gasteiger partial charge in [-0.15, -0.1) is 0 Å². The summed E-state index contributed by atoms with van der Waals surface area (Å²) < 4.78 is 1.14. The summed E-state index contributed by atoms with van der Waals surface area (Å²) in [6.07, 6.45) is 0. The van der Waals surface area contributed by atoms with Gasteiger partial charge >= 0.3 is 0 Å². The van der Waals surface area contributed by atoms with Crippen molar-refractivity contribution in [2.75, 3.05) is 7.05 Å². The van der Waals surface area contributed by atoms with Gasteiger partial charge < -0.3 is 5.32 Å². The summed E-state index contributed by atoms with van der Waals surface area (Å²) in [5.41, 5.74) is 1.31. The number of nitrogens with one attached hydrogen (secondary N) is 1. The molecular formula is C15H16BrNS. The fourth-order valence-electron chi connectivity index (χ4n) is 1.65. The molecule has 0 saturated carbocycles. The number of hydrogen-bond donors (Lipinski definition) is 1. The third-order valence-corrected chi connectivity index (χ3v) is 4.92. The highest BCUT2D eigenvalue weighted by Crippen LogP contribution is 2.33. The van der Waals surface area contributed by atoms with Crippen LogP contribution in [0.2, 0.25) is 0 Å². The maximum Gasteiger partial charge on any atom is 0.0314 e. The van der Waals surface area contributed by atoms with E-state index in [2.05, 4.69) is 70.6 Å². The van der Waals surface area contributed by atoms with Crippen molar-refractivity contribution in [3.8, 4) is 0 Å². The molecule has 1 nitrogen and oxygen atoms in total. The van der Waals surface area contributed by atoms with Crippen LogP contribution in [0, 0.1) is 0 Å². The second kappa shape index (κ2) is 6.41. The zero-order valence-electron chi connectivity index (χ0n) is 10.5. The van der Waals surface area contributed by atoms with E-state index < -0.39 is 0 Å². The van der Waals surface area contributed by atoms with Crippen LogP contribution in [0.1, 0.15) is 18.5 Å². The van der Waals surface area contributed by atoms with Crippen LogP contribution in [0.3, 0.4) is 0 Å². The minimum atomic E-state index is 0.396. The minimum absolute atomic E-state index is 0.396. The lowest BCUT2D eigenvalue weighted by Crippen LogP contribution is -2.11. The van der Waals surface area contributed by atoms with Crippen molar-refractivity contribution in [3.05, 3.63) is 58.6 Å². The van der Waals surface area contributed by atoms with Gasteiger partial charge in [-0.2, -0.15) is 0 Å². The Hall–Kier alpha value is -0.770. The Balaban J connectivity index is 2.14. The lowest BCUT2D eigenvalue weighted by Gasteiger charge is -2.11. The third-order valence-electron chi connectivity index (χ3n) is 2.88. The van der Waals surface area contributed by atoms with Gasteiger partial charge in [0.25, 0.3) is 0 Å². The average Bonchev–Trinajstić information content (AvgIpc) is 2.41. The Labute approximate surface area is 121 Å². The predicted octanol–water partition coefficient (Wildman–Crippen LogP) is 4.88. The first-order valence-corrected chi connectivity index (χ1v) is 7.51. The van der Waals surface area contributed by atoms with Gasteiger partial charge in [0, 0.05) is 20.3 Å². The summed E-state index contributed by atoms with van der Waals surface area (Å²) >= 11 is 5.35. The predicted molar refractivity (Wildman–Crippen MR) is 82.2 cm³/mol. The molecule has 0 aliphatic heterocycles. The summed E-state index contributed by atoms with van der Waals surface area (Å²) in [6.45, 7) is 2.16. The number of rotatable bonds is 4. The molecule has 18 heavy (non-hydrogen) atoms. The highest BCUT2D eigenvalue weighted by Gasteiger charge is 2.04. The molecule has 2 rings (SSSR count). The SMILES string of the molecule is CNC(C)c1ccc(Sc2ccccc2Br)cc1. The first-order valence-electron chi connectivity index (χ1n) is 5.90. The van der Waals surface area contributed by atoms with E-state index in [1.165, 1.54) is 15.4 Å². The molecule has 0 aliphatic rings. The third kappa shape index (κ3) is 3.37. The molecule has 0 heterocycles. The Morgan fingerprint density at radius 1 is 1.06 bits per heavy atom. The average molecular weight is 322 g/mol. The highest BCUT2D eigenvalue weighted by atomic mass is 79.9. The molecule has 0 bridgehead atoms. The topological polar surface area (TPSA) is 12.0 Å². The maximum atomic E-state index is 3.57. The molecule has 0 spiro atoms. The highest BCUT2D eigenvalue weighted by molar-refractivity contribution is 9.10. The smallest absolute Gasteiger partial charge is 0.0314 e. The van der Waals surface area contributed by atoms with Crippen LogP contribution >= 0.6 is 27.7 Å². The molecule has 0 fully saturated rings. The van der Waals surface area contributed by atoms with Crippen molar-refractivity contribution in [3.63, 3.8) is 0 Å². The summed E-state index contributed by atoms with van der Waals surface area (Å²) in [4.78, 5) is 2.50. The van der Waals surface area contributed by atoms with Crippen molar-refractivity contribution >= 4 is 27.7 Å². The molecule has 0 aromatic heterocycles. The summed E-state index contributed by atoms with van der Waals surface area (Å²) in [5, 5.41) is 3.25. The van der Waals surface area contributed by atoms with Crippen LogP contribution in [0.5, 0.6) is 0 Å². The molecule has 94 valence electrons. The number of halogens is 1. The van der Waals surface area contributed by atoms with Crippen LogP contribution in [-0.2, 0) is 0 Å². The first kappa shape index (κ1) is 13.7. The van der Waals surface area contributed by atoms with Gasteiger partial charge in [-0.3, -0.25) is 0 Å². The molecule has 1 atom stereocenters. The molecule has 0 aliphatic carbocycles. The van der Waals surface area contributed by atoms with E-state index in [9.17, 15) is 0 Å². The summed E-state index contributed by atoms with van der Waals surface area (Å²) in [7, 11) is 1.98. The van der Waals surface area contributed by atoms with Gasteiger partial charge in [0.05, 0.1) is 0 Å². The Morgan fingerprint density at radius 3 is 2.33 bits per heavy atom. The van der Waals surface area contributed by atoms with Gasteiger partial charge in [-0.1, -0.05) is 36.0 Å². The lowest BCUT2D eigenvalue weighted by molar-refractivity contribution is 0.652. The van der Waals surface area contributed by atoms with E-state index in [1.807, 2.05) is 13.1 Å². The van der Waals surface area contributed by atoms with E-state index in [-0.39, 0.29) is 0 Å². The van der Waals surface area contributed by atoms with E-state index in [1.54, 1.807) is 11.8 Å². The van der Waals surface area contributed by atoms with Gasteiger partial charge in [0.2, 0.25) is 0 Å². The molecule has 2 aromatic carbocycles. The van der Waals surface area contributed by atoms with Crippen molar-refractivity contribution in [2.45, 2.75) is 22.8 Å². The number of hydrogen-bond acceptors (Lipinski definition) is 2. The maximum absolute atomic E-state index is 3.57. The van der Waals surface area contributed by atoms with Crippen LogP contribution in [0.25, 0.3) is 0 Å². The second-order valence-electron chi connectivity index (χ2n) is 4.11. The first-order chi connectivity index (χ1) is 8.70. The Bertz CT molecular complexity index is 510. The van der Waals surface area contributed by atoms with Crippen LogP contribution in [-0.4, -0.2) is 7.05 Å². The van der Waals surface area contributed by atoms with Crippen molar-refractivity contribution < 1.29 is 0 Å². The summed E-state index contributed by atoms with van der Waals surface area (Å²) in [5.74, 6) is 0. The van der Waals surface area contributed by atoms with E-state index in [4.69, 9.17) is 0 Å². The summed E-state index contributed by atoms with van der Waals surface area (Å²) in [6, 6.07) is 17.4. The molecule has 0 radical (unpaired) electrons. The second-order valence-corrected chi connectivity index (χ2v) is 6.08. The zero-order valence-corrected chi connectivity index (χ0v) is 12.9. The Kier molecular flexibility index (Phi) is 4.87. The zero-order chi connectivity index (χ0) is 13.0. The monoisotopic (exact) mass is 321 g/mol. The molecule has 1 unspecified atom stereocenters. The molecule has 1 N–H and O–H groups in total. The fraction of sp³-hybridized carbons (Fsp3) is 0.200. The minimum Gasteiger partial charge on any atom is -0.313 e. The van der Waals surface area contributed by atoms with Crippen LogP contribution in [0.15, 0.2) is 62.8 Å². The van der Waals surface area contributed by atoms with Gasteiger partial charge in [-0.05, 0) is 59.7 Å². The van der Waals surface area contributed by atoms with E-state index in [0.29, 0.717) is 6.04 Å². The molecular weight excluding hydrogens is 306 g/mol. The quantitative estimate of drug-likeness (QED) is 0.861.